The topological polar surface area (TPSA) is 52.6 Å². The van der Waals surface area contributed by atoms with Crippen LogP contribution in [0.25, 0.3) is 10.9 Å². The SMILES string of the molecule is Cc1nc(N2CCC(C(=O)N3CCN(C)C(C)C3)CC2)nc2ccc(C(C)C)cc12. The maximum Gasteiger partial charge on any atom is 0.226 e. The molecule has 2 aliphatic rings. The van der Waals surface area contributed by atoms with E-state index in [9.17, 15) is 4.79 Å². The van der Waals surface area contributed by atoms with Crippen LogP contribution >= 0.6 is 0 Å². The smallest absolute Gasteiger partial charge is 0.226 e. The number of carbonyl (C=O) groups excluding carboxylic acids is 1. The van der Waals surface area contributed by atoms with E-state index in [1.165, 1.54) is 5.56 Å². The number of benzene rings is 1. The van der Waals surface area contributed by atoms with Gasteiger partial charge in [0, 0.05) is 50.1 Å². The van der Waals surface area contributed by atoms with E-state index in [0.29, 0.717) is 17.9 Å². The van der Waals surface area contributed by atoms with Crippen molar-refractivity contribution < 1.29 is 4.79 Å². The average molecular weight is 410 g/mol. The van der Waals surface area contributed by atoms with Crippen molar-refractivity contribution in [1.82, 2.24) is 19.8 Å². The molecule has 1 aromatic heterocycles. The molecule has 6 heteroatoms. The van der Waals surface area contributed by atoms with Crippen LogP contribution in [-0.4, -0.2) is 71.5 Å². The summed E-state index contributed by atoms with van der Waals surface area (Å²) in [6.45, 7) is 13.0. The summed E-state index contributed by atoms with van der Waals surface area (Å²) < 4.78 is 0. The Morgan fingerprint density at radius 2 is 1.83 bits per heavy atom. The molecule has 0 saturated carbocycles. The summed E-state index contributed by atoms with van der Waals surface area (Å²) in [6, 6.07) is 6.95. The van der Waals surface area contributed by atoms with E-state index in [2.05, 4.69) is 67.6 Å². The van der Waals surface area contributed by atoms with Crippen molar-refractivity contribution in [3.8, 4) is 0 Å². The van der Waals surface area contributed by atoms with Gasteiger partial charge in [-0.3, -0.25) is 4.79 Å². The molecule has 4 rings (SSSR count). The Bertz CT molecular complexity index is 919. The number of piperazine rings is 1. The minimum atomic E-state index is 0.131. The van der Waals surface area contributed by atoms with Gasteiger partial charge in [0.05, 0.1) is 11.2 Å². The van der Waals surface area contributed by atoms with Gasteiger partial charge in [0.2, 0.25) is 11.9 Å². The molecule has 1 unspecified atom stereocenters. The minimum absolute atomic E-state index is 0.131. The summed E-state index contributed by atoms with van der Waals surface area (Å²) in [6.07, 6.45) is 1.76. The maximum absolute atomic E-state index is 13.0. The van der Waals surface area contributed by atoms with E-state index in [4.69, 9.17) is 9.97 Å². The molecule has 0 aliphatic carbocycles. The largest absolute Gasteiger partial charge is 0.341 e. The lowest BCUT2D eigenvalue weighted by molar-refractivity contribution is -0.138. The van der Waals surface area contributed by atoms with Crippen LogP contribution < -0.4 is 4.90 Å². The molecule has 6 nitrogen and oxygen atoms in total. The van der Waals surface area contributed by atoms with E-state index < -0.39 is 0 Å². The van der Waals surface area contributed by atoms with Gasteiger partial charge < -0.3 is 14.7 Å². The second-order valence-electron chi connectivity index (χ2n) is 9.42. The number of hydrogen-bond donors (Lipinski definition) is 0. The molecule has 2 saturated heterocycles. The molecule has 1 amide bonds. The monoisotopic (exact) mass is 409 g/mol. The molecule has 0 spiro atoms. The normalized spacial score (nSPS) is 21.6. The van der Waals surface area contributed by atoms with Crippen molar-refractivity contribution >= 4 is 22.8 Å². The van der Waals surface area contributed by atoms with Gasteiger partial charge in [-0.2, -0.15) is 0 Å². The predicted octanol–water partition coefficient (Wildman–Crippen LogP) is 3.44. The lowest BCUT2D eigenvalue weighted by atomic mass is 9.94. The Kier molecular flexibility index (Phi) is 5.96. The molecule has 0 N–H and O–H groups in total. The lowest BCUT2D eigenvalue weighted by Gasteiger charge is -2.40. The van der Waals surface area contributed by atoms with Crippen LogP contribution in [0.15, 0.2) is 18.2 Å². The van der Waals surface area contributed by atoms with Crippen molar-refractivity contribution in [2.75, 3.05) is 44.7 Å². The van der Waals surface area contributed by atoms with Crippen LogP contribution in [0.3, 0.4) is 0 Å². The summed E-state index contributed by atoms with van der Waals surface area (Å²) >= 11 is 0. The molecule has 30 heavy (non-hydrogen) atoms. The highest BCUT2D eigenvalue weighted by molar-refractivity contribution is 5.83. The summed E-state index contributed by atoms with van der Waals surface area (Å²) in [5.41, 5.74) is 3.35. The molecule has 3 heterocycles. The number of aryl methyl sites for hydroxylation is 1. The molecular weight excluding hydrogens is 374 g/mol. The fourth-order valence-corrected chi connectivity index (χ4v) is 4.62. The van der Waals surface area contributed by atoms with Gasteiger partial charge in [-0.05, 0) is 57.4 Å². The van der Waals surface area contributed by atoms with Crippen molar-refractivity contribution in [2.45, 2.75) is 52.5 Å². The van der Waals surface area contributed by atoms with Crippen molar-refractivity contribution in [2.24, 2.45) is 5.92 Å². The predicted molar refractivity (Wildman–Crippen MR) is 122 cm³/mol. The Labute approximate surface area is 180 Å². The number of carbonyl (C=O) groups is 1. The first-order chi connectivity index (χ1) is 14.3. The van der Waals surface area contributed by atoms with E-state index in [1.54, 1.807) is 0 Å². The zero-order chi connectivity index (χ0) is 21.4. The van der Waals surface area contributed by atoms with Crippen LogP contribution in [0.2, 0.25) is 0 Å². The number of likely N-dealkylation sites (N-methyl/N-ethyl adjacent to an activating group) is 1. The summed E-state index contributed by atoms with van der Waals surface area (Å²) in [7, 11) is 2.14. The molecule has 0 bridgehead atoms. The second kappa shape index (κ2) is 8.50. The maximum atomic E-state index is 13.0. The van der Waals surface area contributed by atoms with Gasteiger partial charge in [0.15, 0.2) is 0 Å². The van der Waals surface area contributed by atoms with Crippen LogP contribution in [0, 0.1) is 12.8 Å². The van der Waals surface area contributed by atoms with Crippen LogP contribution in [0.5, 0.6) is 0 Å². The van der Waals surface area contributed by atoms with E-state index in [1.807, 2.05) is 0 Å². The van der Waals surface area contributed by atoms with Crippen LogP contribution in [0.4, 0.5) is 5.95 Å². The average Bonchev–Trinajstić information content (AvgIpc) is 2.75. The molecule has 2 aliphatic heterocycles. The third-order valence-corrected chi connectivity index (χ3v) is 6.96. The zero-order valence-electron chi connectivity index (χ0n) is 19.1. The Morgan fingerprint density at radius 3 is 2.50 bits per heavy atom. The Balaban J connectivity index is 1.43. The molecule has 2 fully saturated rings. The molecule has 1 atom stereocenters. The lowest BCUT2D eigenvalue weighted by Crippen LogP contribution is -2.54. The Morgan fingerprint density at radius 1 is 1.10 bits per heavy atom. The van der Waals surface area contributed by atoms with Gasteiger partial charge >= 0.3 is 0 Å². The quantitative estimate of drug-likeness (QED) is 0.777. The minimum Gasteiger partial charge on any atom is -0.341 e. The highest BCUT2D eigenvalue weighted by atomic mass is 16.2. The second-order valence-corrected chi connectivity index (χ2v) is 9.42. The van der Waals surface area contributed by atoms with E-state index in [-0.39, 0.29) is 5.92 Å². The van der Waals surface area contributed by atoms with Crippen molar-refractivity contribution in [3.63, 3.8) is 0 Å². The number of aromatic nitrogens is 2. The summed E-state index contributed by atoms with van der Waals surface area (Å²) in [4.78, 5) is 29.3. The van der Waals surface area contributed by atoms with Gasteiger partial charge in [0.25, 0.3) is 0 Å². The van der Waals surface area contributed by atoms with Crippen LogP contribution in [0.1, 0.15) is 50.8 Å². The van der Waals surface area contributed by atoms with Gasteiger partial charge in [-0.1, -0.05) is 19.9 Å². The molecular formula is C24H35N5O. The standard InChI is InChI=1S/C24H35N5O/c1-16(2)20-6-7-22-21(14-20)18(4)25-24(26-22)28-10-8-19(9-11-28)23(30)29-13-12-27(5)17(3)15-29/h6-7,14,16-17,19H,8-13,15H2,1-5H3. The number of amides is 1. The van der Waals surface area contributed by atoms with Crippen molar-refractivity contribution in [1.29, 1.82) is 0 Å². The van der Waals surface area contributed by atoms with Gasteiger partial charge in [-0.25, -0.2) is 9.97 Å². The van der Waals surface area contributed by atoms with Gasteiger partial charge in [-0.15, -0.1) is 0 Å². The number of anilines is 1. The van der Waals surface area contributed by atoms with Gasteiger partial charge in [0.1, 0.15) is 0 Å². The summed E-state index contributed by atoms with van der Waals surface area (Å²) in [5.74, 6) is 1.77. The highest BCUT2D eigenvalue weighted by Gasteiger charge is 2.32. The first-order valence-electron chi connectivity index (χ1n) is 11.4. The fourth-order valence-electron chi connectivity index (χ4n) is 4.62. The third kappa shape index (κ3) is 4.15. The molecule has 162 valence electrons. The zero-order valence-corrected chi connectivity index (χ0v) is 19.1. The highest BCUT2D eigenvalue weighted by Crippen LogP contribution is 2.27. The molecule has 2 aromatic rings. The Hall–Kier alpha value is -2.21. The van der Waals surface area contributed by atoms with Crippen LogP contribution in [-0.2, 0) is 4.79 Å². The first-order valence-corrected chi connectivity index (χ1v) is 11.4. The number of rotatable bonds is 3. The number of fused-ring (bicyclic) bond motifs is 1. The number of hydrogen-bond acceptors (Lipinski definition) is 5. The molecule has 1 aromatic carbocycles. The van der Waals surface area contributed by atoms with E-state index in [0.717, 1.165) is 68.1 Å². The number of nitrogens with zero attached hydrogens (tertiary/aromatic N) is 5. The first kappa shape index (κ1) is 21.0. The summed E-state index contributed by atoms with van der Waals surface area (Å²) in [5, 5.41) is 1.14. The van der Waals surface area contributed by atoms with E-state index >= 15 is 0 Å². The van der Waals surface area contributed by atoms with Crippen molar-refractivity contribution in [3.05, 3.63) is 29.5 Å². The third-order valence-electron chi connectivity index (χ3n) is 6.96. The fraction of sp³-hybridized carbons (Fsp3) is 0.625. The molecule has 0 radical (unpaired) electrons. The number of piperidine rings is 1.